The van der Waals surface area contributed by atoms with Gasteiger partial charge in [-0.05, 0) is 25.3 Å². The number of hydrogen-bond donors (Lipinski definition) is 2. The van der Waals surface area contributed by atoms with E-state index in [2.05, 4.69) is 5.43 Å². The molecule has 17 heavy (non-hydrogen) atoms. The molecule has 0 aliphatic heterocycles. The number of hydrazine groups is 1. The Morgan fingerprint density at radius 2 is 1.82 bits per heavy atom. The molecule has 0 fully saturated rings. The smallest absolute Gasteiger partial charge is 0.271 e. The summed E-state index contributed by atoms with van der Waals surface area (Å²) in [6, 6.07) is 7.38. The van der Waals surface area contributed by atoms with Crippen LogP contribution in [0, 0.1) is 6.92 Å². The summed E-state index contributed by atoms with van der Waals surface area (Å²) < 4.78 is 36.0. The van der Waals surface area contributed by atoms with Gasteiger partial charge in [0, 0.05) is 12.5 Å². The van der Waals surface area contributed by atoms with Gasteiger partial charge in [-0.1, -0.05) is 29.8 Å². The van der Waals surface area contributed by atoms with Gasteiger partial charge in [0.05, 0.1) is 0 Å². The van der Waals surface area contributed by atoms with Gasteiger partial charge in [0.2, 0.25) is 0 Å². The molecule has 0 heterocycles. The molecule has 1 aromatic rings. The molecule has 0 saturated heterocycles. The monoisotopic (exact) mass is 246 g/mol. The Kier molecular flexibility index (Phi) is 4.96. The Bertz CT molecular complexity index is 333. The summed E-state index contributed by atoms with van der Waals surface area (Å²) in [5.74, 6) is 5.36. The summed E-state index contributed by atoms with van der Waals surface area (Å²) >= 11 is 0. The molecule has 1 atom stereocenters. The highest BCUT2D eigenvalue weighted by molar-refractivity contribution is 5.23. The molecule has 0 radical (unpaired) electrons. The van der Waals surface area contributed by atoms with Crippen LogP contribution in [0.3, 0.4) is 0 Å². The van der Waals surface area contributed by atoms with Crippen molar-refractivity contribution in [3.63, 3.8) is 0 Å². The Balaban J connectivity index is 2.51. The number of nitrogens with one attached hydrogen (secondary N) is 1. The van der Waals surface area contributed by atoms with Crippen LogP contribution in [0.2, 0.25) is 0 Å². The van der Waals surface area contributed by atoms with Gasteiger partial charge < -0.3 is 0 Å². The second-order valence-electron chi connectivity index (χ2n) is 4.14. The average molecular weight is 246 g/mol. The summed E-state index contributed by atoms with van der Waals surface area (Å²) in [4.78, 5) is 0. The van der Waals surface area contributed by atoms with E-state index in [1.807, 2.05) is 31.2 Å². The first-order chi connectivity index (χ1) is 7.92. The third-order valence-corrected chi connectivity index (χ3v) is 2.63. The fourth-order valence-corrected chi connectivity index (χ4v) is 1.65. The first kappa shape index (κ1) is 14.0. The highest BCUT2D eigenvalue weighted by Crippen LogP contribution is 2.26. The van der Waals surface area contributed by atoms with Gasteiger partial charge in [-0.3, -0.25) is 11.3 Å². The van der Waals surface area contributed by atoms with Gasteiger partial charge in [-0.15, -0.1) is 0 Å². The van der Waals surface area contributed by atoms with E-state index in [9.17, 15) is 13.2 Å². The number of nitrogens with two attached hydrogens (primary N) is 1. The fourth-order valence-electron chi connectivity index (χ4n) is 1.65. The molecule has 1 aromatic carbocycles. The van der Waals surface area contributed by atoms with Crippen LogP contribution in [0.5, 0.6) is 0 Å². The largest absolute Gasteiger partial charge is 0.389 e. The summed E-state index contributed by atoms with van der Waals surface area (Å²) in [6.45, 7) is 1.96. The molecule has 2 nitrogen and oxygen atoms in total. The molecular formula is C12H17F3N2. The summed E-state index contributed by atoms with van der Waals surface area (Å²) in [6.07, 6.45) is -4.41. The molecule has 5 heteroatoms. The predicted molar refractivity (Wildman–Crippen MR) is 61.1 cm³/mol. The van der Waals surface area contributed by atoms with E-state index in [1.54, 1.807) is 0 Å². The van der Waals surface area contributed by atoms with Crippen molar-refractivity contribution in [1.82, 2.24) is 5.43 Å². The van der Waals surface area contributed by atoms with Crippen molar-refractivity contribution in [1.29, 1.82) is 0 Å². The highest BCUT2D eigenvalue weighted by Gasteiger charge is 2.26. The first-order valence-corrected chi connectivity index (χ1v) is 5.52. The molecule has 0 saturated carbocycles. The zero-order valence-electron chi connectivity index (χ0n) is 9.72. The summed E-state index contributed by atoms with van der Waals surface area (Å²) in [7, 11) is 0. The van der Waals surface area contributed by atoms with Crippen molar-refractivity contribution in [3.05, 3.63) is 35.4 Å². The number of benzene rings is 1. The quantitative estimate of drug-likeness (QED) is 0.618. The maximum atomic E-state index is 12.0. The summed E-state index contributed by atoms with van der Waals surface area (Å²) in [5, 5.41) is 0. The SMILES string of the molecule is Cc1ccc(C(CCCC(F)(F)F)NN)cc1. The normalized spacial score (nSPS) is 13.7. The van der Waals surface area contributed by atoms with E-state index < -0.39 is 12.6 Å². The van der Waals surface area contributed by atoms with Crippen molar-refractivity contribution >= 4 is 0 Å². The van der Waals surface area contributed by atoms with Crippen LogP contribution in [-0.4, -0.2) is 6.18 Å². The van der Waals surface area contributed by atoms with Crippen molar-refractivity contribution in [2.45, 2.75) is 38.4 Å². The van der Waals surface area contributed by atoms with E-state index in [-0.39, 0.29) is 12.5 Å². The van der Waals surface area contributed by atoms with Gasteiger partial charge in [0.25, 0.3) is 0 Å². The van der Waals surface area contributed by atoms with Crippen molar-refractivity contribution in [2.75, 3.05) is 0 Å². The lowest BCUT2D eigenvalue weighted by molar-refractivity contribution is -0.135. The maximum absolute atomic E-state index is 12.0. The number of aryl methyl sites for hydroxylation is 1. The van der Waals surface area contributed by atoms with E-state index in [0.717, 1.165) is 11.1 Å². The molecule has 0 aliphatic carbocycles. The molecule has 96 valence electrons. The minimum atomic E-state index is -4.09. The Morgan fingerprint density at radius 3 is 2.29 bits per heavy atom. The molecule has 0 spiro atoms. The number of rotatable bonds is 5. The van der Waals surface area contributed by atoms with E-state index in [0.29, 0.717) is 6.42 Å². The second-order valence-corrected chi connectivity index (χ2v) is 4.14. The minimum Gasteiger partial charge on any atom is -0.271 e. The maximum Gasteiger partial charge on any atom is 0.389 e. The topological polar surface area (TPSA) is 38.0 Å². The number of halogens is 3. The third-order valence-electron chi connectivity index (χ3n) is 2.63. The van der Waals surface area contributed by atoms with Crippen LogP contribution in [0.4, 0.5) is 13.2 Å². The van der Waals surface area contributed by atoms with Crippen LogP contribution >= 0.6 is 0 Å². The molecule has 0 amide bonds. The molecule has 1 unspecified atom stereocenters. The van der Waals surface area contributed by atoms with Gasteiger partial charge in [0.15, 0.2) is 0 Å². The molecule has 0 bridgehead atoms. The molecule has 0 aromatic heterocycles. The van der Waals surface area contributed by atoms with Gasteiger partial charge in [-0.2, -0.15) is 13.2 Å². The zero-order chi connectivity index (χ0) is 12.9. The fraction of sp³-hybridized carbons (Fsp3) is 0.500. The summed E-state index contributed by atoms with van der Waals surface area (Å²) in [5.41, 5.74) is 4.58. The van der Waals surface area contributed by atoms with Gasteiger partial charge in [-0.25, -0.2) is 0 Å². The van der Waals surface area contributed by atoms with Crippen LogP contribution in [0.15, 0.2) is 24.3 Å². The van der Waals surface area contributed by atoms with Crippen molar-refractivity contribution in [3.8, 4) is 0 Å². The Hall–Kier alpha value is -1.07. The lowest BCUT2D eigenvalue weighted by Crippen LogP contribution is -2.28. The van der Waals surface area contributed by atoms with E-state index in [4.69, 9.17) is 5.84 Å². The number of hydrogen-bond acceptors (Lipinski definition) is 2. The molecule has 0 aliphatic rings. The zero-order valence-corrected chi connectivity index (χ0v) is 9.72. The van der Waals surface area contributed by atoms with E-state index in [1.165, 1.54) is 0 Å². The van der Waals surface area contributed by atoms with E-state index >= 15 is 0 Å². The average Bonchev–Trinajstić information content (AvgIpc) is 2.24. The van der Waals surface area contributed by atoms with Crippen LogP contribution in [-0.2, 0) is 0 Å². The first-order valence-electron chi connectivity index (χ1n) is 5.52. The third kappa shape index (κ3) is 5.19. The van der Waals surface area contributed by atoms with Crippen LogP contribution in [0.1, 0.15) is 36.4 Å². The second kappa shape index (κ2) is 6.02. The van der Waals surface area contributed by atoms with Crippen LogP contribution in [0.25, 0.3) is 0 Å². The predicted octanol–water partition coefficient (Wildman–Crippen LogP) is 3.23. The lowest BCUT2D eigenvalue weighted by Gasteiger charge is -2.17. The standard InChI is InChI=1S/C12H17F3N2/c1-9-4-6-10(7-5-9)11(17-16)3-2-8-12(13,14)15/h4-7,11,17H,2-3,8,16H2,1H3. The number of alkyl halides is 3. The lowest BCUT2D eigenvalue weighted by atomic mass is 10.0. The van der Waals surface area contributed by atoms with Gasteiger partial charge >= 0.3 is 6.18 Å². The molecule has 1 rings (SSSR count). The Labute approximate surface area is 99.0 Å². The minimum absolute atomic E-state index is 0.0756. The Morgan fingerprint density at radius 1 is 1.24 bits per heavy atom. The molecular weight excluding hydrogens is 229 g/mol. The highest BCUT2D eigenvalue weighted by atomic mass is 19.4. The van der Waals surface area contributed by atoms with Crippen molar-refractivity contribution < 1.29 is 13.2 Å². The van der Waals surface area contributed by atoms with Crippen molar-refractivity contribution in [2.24, 2.45) is 5.84 Å². The van der Waals surface area contributed by atoms with Crippen LogP contribution < -0.4 is 11.3 Å². The van der Waals surface area contributed by atoms with Gasteiger partial charge in [0.1, 0.15) is 0 Å². The molecule has 3 N–H and O–H groups in total.